The van der Waals surface area contributed by atoms with Crippen molar-refractivity contribution in [3.8, 4) is 5.75 Å². The summed E-state index contributed by atoms with van der Waals surface area (Å²) in [6.45, 7) is 0. The third-order valence-electron chi connectivity index (χ3n) is 1.70. The van der Waals surface area contributed by atoms with Gasteiger partial charge in [-0.3, -0.25) is 4.79 Å². The average Bonchev–Trinajstić information content (AvgIpc) is 2.07. The Bertz CT molecular complexity index is 350. The van der Waals surface area contributed by atoms with Crippen LogP contribution >= 0.6 is 0 Å². The van der Waals surface area contributed by atoms with E-state index in [2.05, 4.69) is 0 Å². The van der Waals surface area contributed by atoms with Crippen molar-refractivity contribution in [1.29, 1.82) is 0 Å². The summed E-state index contributed by atoms with van der Waals surface area (Å²) in [6.07, 6.45) is -3.13. The van der Waals surface area contributed by atoms with Gasteiger partial charge in [-0.25, -0.2) is 8.78 Å². The van der Waals surface area contributed by atoms with Crippen molar-refractivity contribution < 1.29 is 23.8 Å². The van der Waals surface area contributed by atoms with Crippen LogP contribution in [0, 0.1) is 0 Å². The zero-order chi connectivity index (χ0) is 10.7. The molecule has 0 heterocycles. The molecule has 0 bridgehead atoms. The fraction of sp³-hybridized carbons (Fsp3) is 0.222. The Labute approximate surface area is 78.6 Å². The lowest BCUT2D eigenvalue weighted by atomic mass is 10.1. The smallest absolute Gasteiger partial charge is 0.307 e. The Morgan fingerprint density at radius 2 is 2.07 bits per heavy atom. The predicted molar refractivity (Wildman–Crippen MR) is 44.4 cm³/mol. The summed E-state index contributed by atoms with van der Waals surface area (Å²) in [4.78, 5) is 10.3. The van der Waals surface area contributed by atoms with Crippen LogP contribution in [0.2, 0.25) is 0 Å². The largest absolute Gasteiger partial charge is 0.508 e. The van der Waals surface area contributed by atoms with Crippen LogP contribution in [0.3, 0.4) is 0 Å². The van der Waals surface area contributed by atoms with E-state index in [0.717, 1.165) is 18.2 Å². The number of alkyl halides is 2. The molecule has 0 atom stereocenters. The van der Waals surface area contributed by atoms with Gasteiger partial charge in [-0.1, -0.05) is 0 Å². The van der Waals surface area contributed by atoms with Crippen LogP contribution < -0.4 is 0 Å². The van der Waals surface area contributed by atoms with Crippen molar-refractivity contribution in [1.82, 2.24) is 0 Å². The van der Waals surface area contributed by atoms with Crippen LogP contribution in [-0.2, 0) is 11.2 Å². The van der Waals surface area contributed by atoms with Crippen LogP contribution in [0.25, 0.3) is 0 Å². The van der Waals surface area contributed by atoms with E-state index in [4.69, 9.17) is 10.2 Å². The molecule has 0 saturated carbocycles. The number of rotatable bonds is 3. The molecule has 1 aromatic carbocycles. The monoisotopic (exact) mass is 202 g/mol. The number of hydrogen-bond acceptors (Lipinski definition) is 2. The second kappa shape index (κ2) is 4.04. The Morgan fingerprint density at radius 3 is 2.57 bits per heavy atom. The molecule has 0 spiro atoms. The molecular formula is C9H8F2O3. The molecule has 0 amide bonds. The molecule has 1 rings (SSSR count). The van der Waals surface area contributed by atoms with Crippen molar-refractivity contribution in [2.45, 2.75) is 12.8 Å². The van der Waals surface area contributed by atoms with E-state index >= 15 is 0 Å². The zero-order valence-electron chi connectivity index (χ0n) is 7.08. The summed E-state index contributed by atoms with van der Waals surface area (Å²) in [5, 5.41) is 17.6. The van der Waals surface area contributed by atoms with Gasteiger partial charge in [0.2, 0.25) is 0 Å². The minimum atomic E-state index is -2.66. The molecule has 0 aliphatic heterocycles. The molecule has 3 nitrogen and oxygen atoms in total. The standard InChI is InChI=1S/C9H8F2O3/c10-9(11)5-1-2-7(12)6(3-5)4-8(13)14/h1-3,9,12H,4H2,(H,13,14). The second-order valence-electron chi connectivity index (χ2n) is 2.76. The lowest BCUT2D eigenvalue weighted by Crippen LogP contribution is -2.01. The number of phenols is 1. The third kappa shape index (κ3) is 2.42. The van der Waals surface area contributed by atoms with Gasteiger partial charge < -0.3 is 10.2 Å². The number of aromatic hydroxyl groups is 1. The summed E-state index contributed by atoms with van der Waals surface area (Å²) in [6, 6.07) is 3.12. The van der Waals surface area contributed by atoms with E-state index in [1.165, 1.54) is 0 Å². The summed E-state index contributed by atoms with van der Waals surface area (Å²) >= 11 is 0. The Hall–Kier alpha value is -1.65. The van der Waals surface area contributed by atoms with Gasteiger partial charge >= 0.3 is 5.97 Å². The number of benzene rings is 1. The number of aliphatic carboxylic acids is 1. The molecule has 0 aromatic heterocycles. The molecule has 14 heavy (non-hydrogen) atoms. The maximum Gasteiger partial charge on any atom is 0.307 e. The number of carboxylic acid groups (broad SMARTS) is 1. The summed E-state index contributed by atoms with van der Waals surface area (Å²) < 4.78 is 24.4. The topological polar surface area (TPSA) is 57.5 Å². The van der Waals surface area contributed by atoms with E-state index in [9.17, 15) is 13.6 Å². The van der Waals surface area contributed by atoms with Crippen molar-refractivity contribution in [2.75, 3.05) is 0 Å². The molecule has 76 valence electrons. The molecule has 2 N–H and O–H groups in total. The normalized spacial score (nSPS) is 10.5. The Morgan fingerprint density at radius 1 is 1.43 bits per heavy atom. The Balaban J connectivity index is 3.02. The predicted octanol–water partition coefficient (Wildman–Crippen LogP) is 1.96. The van der Waals surface area contributed by atoms with Crippen LogP contribution in [0.5, 0.6) is 5.75 Å². The van der Waals surface area contributed by atoms with Gasteiger partial charge in [-0.15, -0.1) is 0 Å². The van der Waals surface area contributed by atoms with Gasteiger partial charge in [0.1, 0.15) is 5.75 Å². The number of halogens is 2. The van der Waals surface area contributed by atoms with Crippen LogP contribution in [0.1, 0.15) is 17.6 Å². The van der Waals surface area contributed by atoms with Gasteiger partial charge in [0.15, 0.2) is 0 Å². The van der Waals surface area contributed by atoms with Crippen molar-refractivity contribution >= 4 is 5.97 Å². The van der Waals surface area contributed by atoms with E-state index in [1.54, 1.807) is 0 Å². The number of carbonyl (C=O) groups is 1. The zero-order valence-corrected chi connectivity index (χ0v) is 7.08. The third-order valence-corrected chi connectivity index (χ3v) is 1.70. The summed E-state index contributed by atoms with van der Waals surface area (Å²) in [5.41, 5.74) is -0.297. The maximum absolute atomic E-state index is 12.2. The fourth-order valence-corrected chi connectivity index (χ4v) is 1.05. The summed E-state index contributed by atoms with van der Waals surface area (Å²) in [5.74, 6) is -1.46. The number of hydrogen-bond donors (Lipinski definition) is 2. The van der Waals surface area contributed by atoms with Crippen molar-refractivity contribution in [3.05, 3.63) is 29.3 Å². The molecule has 1 aromatic rings. The van der Waals surface area contributed by atoms with E-state index < -0.39 is 18.8 Å². The summed E-state index contributed by atoms with van der Waals surface area (Å²) in [7, 11) is 0. The first-order valence-electron chi connectivity index (χ1n) is 3.82. The molecule has 0 fully saturated rings. The van der Waals surface area contributed by atoms with Gasteiger partial charge in [-0.05, 0) is 18.2 Å². The molecule has 0 aliphatic rings. The first kappa shape index (κ1) is 10.4. The minimum Gasteiger partial charge on any atom is -0.508 e. The minimum absolute atomic E-state index is 0.00435. The van der Waals surface area contributed by atoms with Crippen molar-refractivity contribution in [3.63, 3.8) is 0 Å². The van der Waals surface area contributed by atoms with Crippen LogP contribution in [0.4, 0.5) is 8.78 Å². The van der Waals surface area contributed by atoms with Crippen molar-refractivity contribution in [2.24, 2.45) is 0 Å². The lowest BCUT2D eigenvalue weighted by Gasteiger charge is -2.04. The van der Waals surface area contributed by atoms with Gasteiger partial charge in [-0.2, -0.15) is 0 Å². The lowest BCUT2D eigenvalue weighted by molar-refractivity contribution is -0.136. The highest BCUT2D eigenvalue weighted by Crippen LogP contribution is 2.25. The average molecular weight is 202 g/mol. The molecule has 0 radical (unpaired) electrons. The first-order valence-corrected chi connectivity index (χ1v) is 3.82. The highest BCUT2D eigenvalue weighted by molar-refractivity contribution is 5.71. The van der Waals surface area contributed by atoms with E-state index in [1.807, 2.05) is 0 Å². The maximum atomic E-state index is 12.2. The number of phenolic OH excluding ortho intramolecular Hbond substituents is 1. The second-order valence-corrected chi connectivity index (χ2v) is 2.76. The highest BCUT2D eigenvalue weighted by Gasteiger charge is 2.12. The molecule has 0 saturated heterocycles. The van der Waals surface area contributed by atoms with Gasteiger partial charge in [0, 0.05) is 11.1 Å². The molecule has 0 aliphatic carbocycles. The van der Waals surface area contributed by atoms with Gasteiger partial charge in [0.05, 0.1) is 6.42 Å². The Kier molecular flexibility index (Phi) is 3.01. The fourth-order valence-electron chi connectivity index (χ4n) is 1.05. The molecule has 5 heteroatoms. The van der Waals surface area contributed by atoms with E-state index in [0.29, 0.717) is 0 Å². The van der Waals surface area contributed by atoms with Gasteiger partial charge in [0.25, 0.3) is 6.43 Å². The van der Waals surface area contributed by atoms with E-state index in [-0.39, 0.29) is 16.9 Å². The van der Waals surface area contributed by atoms with Crippen LogP contribution in [0.15, 0.2) is 18.2 Å². The molecular weight excluding hydrogens is 194 g/mol. The highest BCUT2D eigenvalue weighted by atomic mass is 19.3. The quantitative estimate of drug-likeness (QED) is 0.787. The molecule has 0 unspecified atom stereocenters. The first-order chi connectivity index (χ1) is 6.50. The van der Waals surface area contributed by atoms with Crippen LogP contribution in [-0.4, -0.2) is 16.2 Å². The SMILES string of the molecule is O=C(O)Cc1cc(C(F)F)ccc1O. The number of carboxylic acids is 1.